The number of aryl methyl sites for hydroxylation is 1. The molecule has 1 aromatic heterocycles. The summed E-state index contributed by atoms with van der Waals surface area (Å²) in [5, 5.41) is 3.24. The van der Waals surface area contributed by atoms with Gasteiger partial charge in [-0.15, -0.1) is 0 Å². The van der Waals surface area contributed by atoms with Crippen LogP contribution >= 0.6 is 11.6 Å². The number of nitrogens with one attached hydrogen (secondary N) is 1. The zero-order valence-corrected chi connectivity index (χ0v) is 12.1. The summed E-state index contributed by atoms with van der Waals surface area (Å²) in [6.07, 6.45) is 1.93. The molecular formula is C16H13ClFN3. The van der Waals surface area contributed by atoms with Crippen LogP contribution in [0, 0.1) is 12.7 Å². The Kier molecular flexibility index (Phi) is 3.62. The molecule has 3 rings (SSSR count). The van der Waals surface area contributed by atoms with Crippen LogP contribution in [0.25, 0.3) is 5.69 Å². The van der Waals surface area contributed by atoms with E-state index >= 15 is 0 Å². The van der Waals surface area contributed by atoms with E-state index in [1.54, 1.807) is 6.07 Å². The molecule has 0 radical (unpaired) electrons. The first-order valence-electron chi connectivity index (χ1n) is 6.47. The first-order valence-corrected chi connectivity index (χ1v) is 6.85. The molecule has 21 heavy (non-hydrogen) atoms. The predicted octanol–water partition coefficient (Wildman–Crippen LogP) is 4.72. The Morgan fingerprint density at radius 1 is 1.14 bits per heavy atom. The summed E-state index contributed by atoms with van der Waals surface area (Å²) in [4.78, 5) is 4.45. The Morgan fingerprint density at radius 2 is 1.90 bits per heavy atom. The average Bonchev–Trinajstić information content (AvgIpc) is 2.85. The van der Waals surface area contributed by atoms with E-state index in [9.17, 15) is 4.39 Å². The fourth-order valence-electron chi connectivity index (χ4n) is 2.07. The molecule has 0 bridgehead atoms. The predicted molar refractivity (Wildman–Crippen MR) is 83.0 cm³/mol. The van der Waals surface area contributed by atoms with Gasteiger partial charge in [0.1, 0.15) is 5.82 Å². The number of benzene rings is 2. The van der Waals surface area contributed by atoms with Crippen LogP contribution in [-0.2, 0) is 0 Å². The number of rotatable bonds is 3. The Hall–Kier alpha value is -2.33. The number of aromatic nitrogens is 2. The molecule has 0 saturated heterocycles. The van der Waals surface area contributed by atoms with E-state index in [0.717, 1.165) is 11.4 Å². The molecule has 5 heteroatoms. The SMILES string of the molecule is Cc1cn(-c2ccccc2)c(Nc2ccc(F)c(Cl)c2)n1. The third-order valence-corrected chi connectivity index (χ3v) is 3.33. The van der Waals surface area contributed by atoms with Gasteiger partial charge >= 0.3 is 0 Å². The zero-order valence-electron chi connectivity index (χ0n) is 11.3. The summed E-state index contributed by atoms with van der Waals surface area (Å²) in [6, 6.07) is 14.4. The van der Waals surface area contributed by atoms with Crippen LogP contribution in [0.3, 0.4) is 0 Å². The molecule has 106 valence electrons. The van der Waals surface area contributed by atoms with Gasteiger partial charge < -0.3 is 5.32 Å². The Morgan fingerprint density at radius 3 is 2.62 bits per heavy atom. The molecule has 3 nitrogen and oxygen atoms in total. The van der Waals surface area contributed by atoms with Crippen LogP contribution in [0.15, 0.2) is 54.7 Å². The Labute approximate surface area is 127 Å². The Bertz CT molecular complexity index is 768. The summed E-state index contributed by atoms with van der Waals surface area (Å²) in [6.45, 7) is 1.92. The summed E-state index contributed by atoms with van der Waals surface area (Å²) in [5.74, 6) is 0.214. The molecule has 3 aromatic rings. The topological polar surface area (TPSA) is 29.9 Å². The molecule has 2 aromatic carbocycles. The van der Waals surface area contributed by atoms with E-state index in [2.05, 4.69) is 10.3 Å². The first kappa shape index (κ1) is 13.6. The minimum atomic E-state index is -0.440. The lowest BCUT2D eigenvalue weighted by Gasteiger charge is -2.10. The molecule has 0 saturated carbocycles. The number of para-hydroxylation sites is 1. The van der Waals surface area contributed by atoms with Crippen molar-refractivity contribution in [1.29, 1.82) is 0 Å². The lowest BCUT2D eigenvalue weighted by Crippen LogP contribution is -2.01. The molecule has 0 aliphatic heterocycles. The van der Waals surface area contributed by atoms with Crippen molar-refractivity contribution in [3.05, 3.63) is 71.3 Å². The van der Waals surface area contributed by atoms with Crippen LogP contribution in [0.2, 0.25) is 5.02 Å². The van der Waals surface area contributed by atoms with Gasteiger partial charge in [-0.2, -0.15) is 0 Å². The van der Waals surface area contributed by atoms with Gasteiger partial charge in [0.2, 0.25) is 5.95 Å². The van der Waals surface area contributed by atoms with Gasteiger partial charge in [-0.1, -0.05) is 29.8 Å². The molecule has 1 heterocycles. The van der Waals surface area contributed by atoms with Gasteiger partial charge in [0.05, 0.1) is 10.7 Å². The van der Waals surface area contributed by atoms with E-state index < -0.39 is 5.82 Å². The van der Waals surface area contributed by atoms with Crippen molar-refractivity contribution >= 4 is 23.2 Å². The highest BCUT2D eigenvalue weighted by atomic mass is 35.5. The summed E-state index contributed by atoms with van der Waals surface area (Å²) in [5.41, 5.74) is 2.56. The highest BCUT2D eigenvalue weighted by Gasteiger charge is 2.09. The van der Waals surface area contributed by atoms with Crippen LogP contribution < -0.4 is 5.32 Å². The van der Waals surface area contributed by atoms with Crippen LogP contribution in [0.1, 0.15) is 5.69 Å². The maximum atomic E-state index is 13.2. The van der Waals surface area contributed by atoms with Crippen molar-refractivity contribution in [1.82, 2.24) is 9.55 Å². The van der Waals surface area contributed by atoms with Crippen molar-refractivity contribution in [2.45, 2.75) is 6.92 Å². The maximum Gasteiger partial charge on any atom is 0.212 e. The minimum Gasteiger partial charge on any atom is -0.325 e. The summed E-state index contributed by atoms with van der Waals surface area (Å²) < 4.78 is 15.1. The van der Waals surface area contributed by atoms with E-state index in [0.29, 0.717) is 11.6 Å². The standard InChI is InChI=1S/C16H13ClFN3/c1-11-10-21(13-5-3-2-4-6-13)16(19-11)20-12-7-8-15(18)14(17)9-12/h2-10H,1H3,(H,19,20). The first-order chi connectivity index (χ1) is 10.1. The molecule has 0 spiro atoms. The van der Waals surface area contributed by atoms with Crippen molar-refractivity contribution in [2.75, 3.05) is 5.32 Å². The van der Waals surface area contributed by atoms with E-state index in [-0.39, 0.29) is 5.02 Å². The summed E-state index contributed by atoms with van der Waals surface area (Å²) >= 11 is 5.80. The molecule has 0 fully saturated rings. The van der Waals surface area contributed by atoms with Gasteiger partial charge in [0.25, 0.3) is 0 Å². The molecular weight excluding hydrogens is 289 g/mol. The maximum absolute atomic E-state index is 13.2. The highest BCUT2D eigenvalue weighted by Crippen LogP contribution is 2.24. The molecule has 0 atom stereocenters. The molecule has 0 amide bonds. The van der Waals surface area contributed by atoms with Crippen molar-refractivity contribution in [3.63, 3.8) is 0 Å². The highest BCUT2D eigenvalue weighted by molar-refractivity contribution is 6.31. The van der Waals surface area contributed by atoms with Crippen molar-refractivity contribution in [2.24, 2.45) is 0 Å². The average molecular weight is 302 g/mol. The number of imidazole rings is 1. The van der Waals surface area contributed by atoms with Crippen LogP contribution in [-0.4, -0.2) is 9.55 Å². The quantitative estimate of drug-likeness (QED) is 0.759. The summed E-state index contributed by atoms with van der Waals surface area (Å²) in [7, 11) is 0. The van der Waals surface area contributed by atoms with Crippen LogP contribution in [0.5, 0.6) is 0 Å². The van der Waals surface area contributed by atoms with Gasteiger partial charge in [0, 0.05) is 17.6 Å². The number of anilines is 2. The molecule has 0 aliphatic rings. The normalized spacial score (nSPS) is 10.6. The largest absolute Gasteiger partial charge is 0.325 e. The van der Waals surface area contributed by atoms with Gasteiger partial charge in [-0.05, 0) is 37.3 Å². The third-order valence-electron chi connectivity index (χ3n) is 3.04. The lowest BCUT2D eigenvalue weighted by molar-refractivity contribution is 0.628. The van der Waals surface area contributed by atoms with Crippen molar-refractivity contribution in [3.8, 4) is 5.69 Å². The third kappa shape index (κ3) is 2.90. The van der Waals surface area contributed by atoms with E-state index in [1.165, 1.54) is 12.1 Å². The second kappa shape index (κ2) is 5.58. The smallest absolute Gasteiger partial charge is 0.212 e. The fraction of sp³-hybridized carbons (Fsp3) is 0.0625. The number of halogens is 2. The van der Waals surface area contributed by atoms with Gasteiger partial charge in [0.15, 0.2) is 0 Å². The number of hydrogen-bond acceptors (Lipinski definition) is 2. The monoisotopic (exact) mass is 301 g/mol. The van der Waals surface area contributed by atoms with Gasteiger partial charge in [-0.25, -0.2) is 9.37 Å². The minimum absolute atomic E-state index is 0.0783. The van der Waals surface area contributed by atoms with Gasteiger partial charge in [-0.3, -0.25) is 4.57 Å². The van der Waals surface area contributed by atoms with E-state index in [1.807, 2.05) is 48.0 Å². The van der Waals surface area contributed by atoms with Crippen LogP contribution in [0.4, 0.5) is 16.0 Å². The lowest BCUT2D eigenvalue weighted by atomic mass is 10.3. The van der Waals surface area contributed by atoms with E-state index in [4.69, 9.17) is 11.6 Å². The second-order valence-corrected chi connectivity index (χ2v) is 5.07. The number of hydrogen-bond donors (Lipinski definition) is 1. The second-order valence-electron chi connectivity index (χ2n) is 4.67. The zero-order chi connectivity index (χ0) is 14.8. The number of nitrogens with zero attached hydrogens (tertiary/aromatic N) is 2. The van der Waals surface area contributed by atoms with Crippen molar-refractivity contribution < 1.29 is 4.39 Å². The molecule has 1 N–H and O–H groups in total. The molecule has 0 aliphatic carbocycles. The Balaban J connectivity index is 1.97. The molecule has 0 unspecified atom stereocenters. The fourth-order valence-corrected chi connectivity index (χ4v) is 2.25.